The third kappa shape index (κ3) is 3.14. The van der Waals surface area contributed by atoms with Crippen molar-refractivity contribution >= 4 is 17.3 Å². The molecule has 108 valence electrons. The van der Waals surface area contributed by atoms with Crippen molar-refractivity contribution in [2.24, 2.45) is 5.92 Å². The van der Waals surface area contributed by atoms with Crippen molar-refractivity contribution in [1.29, 1.82) is 0 Å². The van der Waals surface area contributed by atoms with Crippen molar-refractivity contribution in [3.8, 4) is 0 Å². The van der Waals surface area contributed by atoms with Gasteiger partial charge in [-0.1, -0.05) is 43.2 Å². The summed E-state index contributed by atoms with van der Waals surface area (Å²) in [5.41, 5.74) is 1.30. The van der Waals surface area contributed by atoms with Crippen molar-refractivity contribution in [1.82, 2.24) is 10.2 Å². The molecule has 0 spiro atoms. The molecule has 1 saturated carbocycles. The average Bonchev–Trinajstić information content (AvgIpc) is 2.53. The van der Waals surface area contributed by atoms with Crippen LogP contribution in [-0.2, 0) is 6.54 Å². The van der Waals surface area contributed by atoms with E-state index in [0.29, 0.717) is 6.04 Å². The molecule has 1 aromatic rings. The number of benzene rings is 1. The number of fused-ring (bicyclic) bond motifs is 1. The van der Waals surface area contributed by atoms with E-state index in [9.17, 15) is 0 Å². The van der Waals surface area contributed by atoms with Crippen LogP contribution in [-0.4, -0.2) is 22.6 Å². The highest BCUT2D eigenvalue weighted by Gasteiger charge is 2.34. The smallest absolute Gasteiger partial charge is 0.169 e. The molecular formula is C17H24N2S. The van der Waals surface area contributed by atoms with Crippen LogP contribution < -0.4 is 5.32 Å². The second-order valence-electron chi connectivity index (χ2n) is 6.09. The summed E-state index contributed by atoms with van der Waals surface area (Å²) < 4.78 is 0. The summed E-state index contributed by atoms with van der Waals surface area (Å²) in [6, 6.07) is 11.2. The van der Waals surface area contributed by atoms with Crippen LogP contribution in [0.3, 0.4) is 0 Å². The lowest BCUT2D eigenvalue weighted by molar-refractivity contribution is 0.118. The highest BCUT2D eigenvalue weighted by molar-refractivity contribution is 7.80. The number of thiocarbonyl (C=S) groups is 1. The summed E-state index contributed by atoms with van der Waals surface area (Å²) in [4.78, 5) is 2.48. The molecule has 1 saturated heterocycles. The van der Waals surface area contributed by atoms with Gasteiger partial charge in [-0.05, 0) is 49.4 Å². The van der Waals surface area contributed by atoms with Gasteiger partial charge in [0, 0.05) is 19.1 Å². The molecule has 2 aliphatic rings. The summed E-state index contributed by atoms with van der Waals surface area (Å²) in [5, 5.41) is 4.42. The van der Waals surface area contributed by atoms with Crippen molar-refractivity contribution in [3.05, 3.63) is 35.9 Å². The van der Waals surface area contributed by atoms with Gasteiger partial charge in [-0.25, -0.2) is 0 Å². The first kappa shape index (κ1) is 13.9. The Morgan fingerprint density at radius 2 is 1.85 bits per heavy atom. The fourth-order valence-electron chi connectivity index (χ4n) is 3.75. The second-order valence-corrected chi connectivity index (χ2v) is 6.48. The molecule has 0 amide bonds. The van der Waals surface area contributed by atoms with E-state index in [-0.39, 0.29) is 0 Å². The Hall–Kier alpha value is -1.09. The van der Waals surface area contributed by atoms with Crippen LogP contribution in [0.5, 0.6) is 0 Å². The normalized spacial score (nSPS) is 25.9. The predicted molar refractivity (Wildman–Crippen MR) is 87.6 cm³/mol. The van der Waals surface area contributed by atoms with Crippen LogP contribution in [0.1, 0.15) is 44.1 Å². The zero-order valence-electron chi connectivity index (χ0n) is 12.1. The molecule has 1 heterocycles. The lowest BCUT2D eigenvalue weighted by atomic mass is 9.78. The van der Waals surface area contributed by atoms with Gasteiger partial charge in [0.1, 0.15) is 0 Å². The highest BCUT2D eigenvalue weighted by Crippen LogP contribution is 2.35. The molecule has 1 aromatic carbocycles. The molecule has 0 unspecified atom stereocenters. The third-order valence-corrected chi connectivity index (χ3v) is 5.17. The minimum atomic E-state index is 0.702. The minimum Gasteiger partial charge on any atom is -0.358 e. The summed E-state index contributed by atoms with van der Waals surface area (Å²) in [5.74, 6) is 0.883. The van der Waals surface area contributed by atoms with Gasteiger partial charge in [-0.15, -0.1) is 0 Å². The Balaban J connectivity index is 1.58. The number of piperidine rings is 1. The molecule has 1 aliphatic heterocycles. The zero-order chi connectivity index (χ0) is 13.8. The van der Waals surface area contributed by atoms with Crippen molar-refractivity contribution in [2.45, 2.75) is 51.1 Å². The topological polar surface area (TPSA) is 15.3 Å². The van der Waals surface area contributed by atoms with Crippen LogP contribution in [0.2, 0.25) is 0 Å². The molecular weight excluding hydrogens is 264 g/mol. The number of rotatable bonds is 2. The zero-order valence-corrected chi connectivity index (χ0v) is 12.9. The van der Waals surface area contributed by atoms with Crippen LogP contribution in [0.25, 0.3) is 0 Å². The molecule has 3 rings (SSSR count). The molecule has 0 radical (unpaired) electrons. The molecule has 0 bridgehead atoms. The van der Waals surface area contributed by atoms with Crippen LogP contribution in [0.15, 0.2) is 30.3 Å². The van der Waals surface area contributed by atoms with E-state index in [1.807, 2.05) is 0 Å². The van der Waals surface area contributed by atoms with Gasteiger partial charge in [0.15, 0.2) is 5.11 Å². The molecule has 2 fully saturated rings. The largest absolute Gasteiger partial charge is 0.358 e. The maximum absolute atomic E-state index is 5.66. The summed E-state index contributed by atoms with van der Waals surface area (Å²) in [6.07, 6.45) is 8.23. The monoisotopic (exact) mass is 288 g/mol. The van der Waals surface area contributed by atoms with Crippen LogP contribution in [0.4, 0.5) is 0 Å². The fourth-order valence-corrected chi connectivity index (χ4v) is 4.05. The Morgan fingerprint density at radius 3 is 2.70 bits per heavy atom. The van der Waals surface area contributed by atoms with Gasteiger partial charge in [0.2, 0.25) is 0 Å². The quantitative estimate of drug-likeness (QED) is 0.835. The van der Waals surface area contributed by atoms with E-state index in [4.69, 9.17) is 12.2 Å². The molecule has 0 aromatic heterocycles. The first-order valence-corrected chi connectivity index (χ1v) is 8.34. The van der Waals surface area contributed by atoms with E-state index in [1.54, 1.807) is 0 Å². The molecule has 20 heavy (non-hydrogen) atoms. The van der Waals surface area contributed by atoms with Gasteiger partial charge in [-0.3, -0.25) is 0 Å². The van der Waals surface area contributed by atoms with Crippen molar-refractivity contribution < 1.29 is 0 Å². The van der Waals surface area contributed by atoms with Crippen LogP contribution in [0, 0.1) is 5.92 Å². The maximum Gasteiger partial charge on any atom is 0.169 e. The van der Waals surface area contributed by atoms with Crippen LogP contribution >= 0.6 is 12.2 Å². The van der Waals surface area contributed by atoms with Crippen molar-refractivity contribution in [2.75, 3.05) is 6.54 Å². The fraction of sp³-hybridized carbons (Fsp3) is 0.588. The highest BCUT2D eigenvalue weighted by atomic mass is 32.1. The molecule has 1 N–H and O–H groups in total. The first-order chi connectivity index (χ1) is 9.84. The Morgan fingerprint density at radius 1 is 1.10 bits per heavy atom. The Bertz CT molecular complexity index is 444. The van der Waals surface area contributed by atoms with Crippen molar-refractivity contribution in [3.63, 3.8) is 0 Å². The Labute approximate surface area is 127 Å². The lowest BCUT2D eigenvalue weighted by Gasteiger charge is -2.45. The van der Waals surface area contributed by atoms with Gasteiger partial charge in [0.25, 0.3) is 0 Å². The summed E-state index contributed by atoms with van der Waals surface area (Å²) >= 11 is 5.66. The molecule has 1 aliphatic carbocycles. The summed E-state index contributed by atoms with van der Waals surface area (Å²) in [7, 11) is 0. The molecule has 3 heteroatoms. The molecule has 2 atom stereocenters. The van der Waals surface area contributed by atoms with E-state index < -0.39 is 0 Å². The number of nitrogens with one attached hydrogen (secondary N) is 1. The predicted octanol–water partition coefficient (Wildman–Crippen LogP) is 3.72. The van der Waals surface area contributed by atoms with E-state index in [2.05, 4.69) is 40.5 Å². The van der Waals surface area contributed by atoms with Gasteiger partial charge < -0.3 is 10.2 Å². The van der Waals surface area contributed by atoms with E-state index in [1.165, 1.54) is 44.1 Å². The first-order valence-electron chi connectivity index (χ1n) is 7.93. The molecule has 2 nitrogen and oxygen atoms in total. The van der Waals surface area contributed by atoms with E-state index in [0.717, 1.165) is 24.1 Å². The third-order valence-electron chi connectivity index (χ3n) is 4.79. The number of hydrogen-bond donors (Lipinski definition) is 1. The summed E-state index contributed by atoms with van der Waals surface area (Å²) in [6.45, 7) is 1.98. The van der Waals surface area contributed by atoms with Gasteiger partial charge in [0.05, 0.1) is 0 Å². The average molecular weight is 288 g/mol. The lowest BCUT2D eigenvalue weighted by Crippen LogP contribution is -2.52. The standard InChI is InChI=1S/C17H24N2S/c20-17(18-13-14-7-2-1-3-8-14)19-12-6-10-15-9-4-5-11-16(15)19/h1-3,7-8,15-16H,4-6,9-13H2,(H,18,20)/t15-,16+/m0/s1. The minimum absolute atomic E-state index is 0.702. The second kappa shape index (κ2) is 6.57. The number of hydrogen-bond acceptors (Lipinski definition) is 1. The van der Waals surface area contributed by atoms with E-state index >= 15 is 0 Å². The maximum atomic E-state index is 5.66. The number of nitrogens with zero attached hydrogens (tertiary/aromatic N) is 1. The SMILES string of the molecule is S=C(NCc1ccccc1)N1CCC[C@@H]2CCCC[C@H]21. The van der Waals surface area contributed by atoms with Gasteiger partial charge in [-0.2, -0.15) is 0 Å². The Kier molecular flexibility index (Phi) is 4.56. The number of likely N-dealkylation sites (tertiary alicyclic amines) is 1. The van der Waals surface area contributed by atoms with Gasteiger partial charge >= 0.3 is 0 Å².